The number of hydrogen-bond acceptors (Lipinski definition) is 4. The van der Waals surface area contributed by atoms with E-state index in [9.17, 15) is 23.3 Å². The Balaban J connectivity index is 3.45. The molecule has 0 amide bonds. The number of aromatic hydroxyl groups is 1. The Morgan fingerprint density at radius 2 is 2.14 bits per heavy atom. The van der Waals surface area contributed by atoms with E-state index in [2.05, 4.69) is 4.98 Å². The zero-order valence-corrected chi connectivity index (χ0v) is 6.45. The lowest BCUT2D eigenvalue weighted by Gasteiger charge is -2.02. The van der Waals surface area contributed by atoms with E-state index in [0.29, 0.717) is 6.20 Å². The van der Waals surface area contributed by atoms with Gasteiger partial charge >= 0.3 is 5.69 Å². The number of halogens is 3. The van der Waals surface area contributed by atoms with E-state index in [1.807, 2.05) is 0 Å². The summed E-state index contributed by atoms with van der Waals surface area (Å²) in [6.07, 6.45) is -2.88. The molecule has 0 radical (unpaired) electrons. The van der Waals surface area contributed by atoms with Gasteiger partial charge in [0.05, 0.1) is 11.1 Å². The van der Waals surface area contributed by atoms with Gasteiger partial charge in [-0.2, -0.15) is 4.39 Å². The van der Waals surface area contributed by atoms with Crippen LogP contribution in [0.1, 0.15) is 12.1 Å². The second-order valence-electron chi connectivity index (χ2n) is 2.25. The third-order valence-corrected chi connectivity index (χ3v) is 1.39. The van der Waals surface area contributed by atoms with E-state index < -0.39 is 34.3 Å². The standard InChI is InChI=1S/C6H3F3N2O3/c7-3-2(12)1-10-4(6(8)9)5(3)11(13)14/h1,6,12H. The zero-order valence-electron chi connectivity index (χ0n) is 6.45. The van der Waals surface area contributed by atoms with Gasteiger partial charge in [0.15, 0.2) is 11.4 Å². The van der Waals surface area contributed by atoms with Crippen molar-refractivity contribution in [2.45, 2.75) is 6.43 Å². The molecule has 0 bridgehead atoms. The molecule has 0 aliphatic carbocycles. The minimum absolute atomic E-state index is 0.393. The molecule has 0 aliphatic heterocycles. The van der Waals surface area contributed by atoms with Gasteiger partial charge in [-0.3, -0.25) is 10.1 Å². The molecule has 0 saturated carbocycles. The monoisotopic (exact) mass is 208 g/mol. The smallest absolute Gasteiger partial charge is 0.335 e. The fourth-order valence-corrected chi connectivity index (χ4v) is 0.816. The quantitative estimate of drug-likeness (QED) is 0.593. The Hall–Kier alpha value is -1.86. The van der Waals surface area contributed by atoms with Crippen molar-refractivity contribution in [2.75, 3.05) is 0 Å². The number of alkyl halides is 2. The molecular formula is C6H3F3N2O3. The summed E-state index contributed by atoms with van der Waals surface area (Å²) in [6, 6.07) is 0. The van der Waals surface area contributed by atoms with E-state index in [1.165, 1.54) is 0 Å². The summed E-state index contributed by atoms with van der Waals surface area (Å²) < 4.78 is 37.0. The number of hydrogen-bond donors (Lipinski definition) is 1. The summed E-state index contributed by atoms with van der Waals surface area (Å²) in [4.78, 5) is 11.7. The van der Waals surface area contributed by atoms with Crippen molar-refractivity contribution in [3.05, 3.63) is 27.8 Å². The third kappa shape index (κ3) is 1.58. The van der Waals surface area contributed by atoms with E-state index in [0.717, 1.165) is 0 Å². The fraction of sp³-hybridized carbons (Fsp3) is 0.167. The van der Waals surface area contributed by atoms with Crippen molar-refractivity contribution < 1.29 is 23.2 Å². The second-order valence-corrected chi connectivity index (χ2v) is 2.25. The Bertz CT molecular complexity index is 383. The van der Waals surface area contributed by atoms with Crippen LogP contribution in [0.3, 0.4) is 0 Å². The number of rotatable bonds is 2. The lowest BCUT2D eigenvalue weighted by atomic mass is 10.3. The second kappa shape index (κ2) is 3.48. The normalized spacial score (nSPS) is 10.6. The summed E-state index contributed by atoms with van der Waals surface area (Å²) in [6.45, 7) is 0. The Kier molecular flexibility index (Phi) is 2.54. The molecule has 0 aliphatic rings. The van der Waals surface area contributed by atoms with Crippen LogP contribution < -0.4 is 0 Å². The van der Waals surface area contributed by atoms with E-state index in [-0.39, 0.29) is 0 Å². The van der Waals surface area contributed by atoms with Gasteiger partial charge in [0, 0.05) is 0 Å². The minimum Gasteiger partial charge on any atom is -0.504 e. The molecule has 1 aromatic heterocycles. The van der Waals surface area contributed by atoms with Gasteiger partial charge in [0.25, 0.3) is 6.43 Å². The predicted molar refractivity (Wildman–Crippen MR) is 37.5 cm³/mol. The van der Waals surface area contributed by atoms with E-state index in [4.69, 9.17) is 5.11 Å². The number of aromatic nitrogens is 1. The Labute approximate surface area is 75.0 Å². The molecule has 1 rings (SSSR count). The summed E-state index contributed by atoms with van der Waals surface area (Å²) in [5, 5.41) is 18.8. The van der Waals surface area contributed by atoms with Gasteiger partial charge in [0.1, 0.15) is 0 Å². The third-order valence-electron chi connectivity index (χ3n) is 1.39. The van der Waals surface area contributed by atoms with Crippen LogP contribution in [0.2, 0.25) is 0 Å². The van der Waals surface area contributed by atoms with Crippen molar-refractivity contribution >= 4 is 5.69 Å². The van der Waals surface area contributed by atoms with Gasteiger partial charge < -0.3 is 5.11 Å². The highest BCUT2D eigenvalue weighted by Gasteiger charge is 2.30. The first-order chi connectivity index (χ1) is 6.45. The van der Waals surface area contributed by atoms with Gasteiger partial charge in [-0.15, -0.1) is 0 Å². The maximum atomic E-state index is 12.8. The van der Waals surface area contributed by atoms with Gasteiger partial charge in [-0.1, -0.05) is 0 Å². The van der Waals surface area contributed by atoms with Crippen molar-refractivity contribution in [1.82, 2.24) is 4.98 Å². The molecule has 0 unspecified atom stereocenters. The molecule has 0 fully saturated rings. The van der Waals surface area contributed by atoms with Gasteiger partial charge in [-0.05, 0) is 0 Å². The van der Waals surface area contributed by atoms with E-state index in [1.54, 1.807) is 0 Å². The van der Waals surface area contributed by atoms with Crippen molar-refractivity contribution in [1.29, 1.82) is 0 Å². The summed E-state index contributed by atoms with van der Waals surface area (Å²) >= 11 is 0. The maximum Gasteiger partial charge on any atom is 0.335 e. The molecule has 5 nitrogen and oxygen atoms in total. The first-order valence-corrected chi connectivity index (χ1v) is 3.25. The lowest BCUT2D eigenvalue weighted by Crippen LogP contribution is -2.02. The van der Waals surface area contributed by atoms with Gasteiger partial charge in [0.2, 0.25) is 5.82 Å². The minimum atomic E-state index is -3.27. The Morgan fingerprint density at radius 1 is 1.57 bits per heavy atom. The van der Waals surface area contributed by atoms with Crippen molar-refractivity contribution in [3.8, 4) is 5.75 Å². The molecule has 8 heteroatoms. The highest BCUT2D eigenvalue weighted by molar-refractivity contribution is 5.43. The molecule has 1 heterocycles. The first-order valence-electron chi connectivity index (χ1n) is 3.25. The Morgan fingerprint density at radius 3 is 2.57 bits per heavy atom. The molecule has 0 spiro atoms. The van der Waals surface area contributed by atoms with Crippen LogP contribution in [-0.2, 0) is 0 Å². The molecular weight excluding hydrogens is 205 g/mol. The SMILES string of the molecule is O=[N+]([O-])c1c(C(F)F)ncc(O)c1F. The van der Waals surface area contributed by atoms with E-state index >= 15 is 0 Å². The van der Waals surface area contributed by atoms with Crippen LogP contribution in [0, 0.1) is 15.9 Å². The average molecular weight is 208 g/mol. The maximum absolute atomic E-state index is 12.8. The van der Waals surface area contributed by atoms with Crippen LogP contribution in [-0.4, -0.2) is 15.0 Å². The lowest BCUT2D eigenvalue weighted by molar-refractivity contribution is -0.389. The average Bonchev–Trinajstić information content (AvgIpc) is 2.08. The molecule has 0 aromatic carbocycles. The molecule has 14 heavy (non-hydrogen) atoms. The highest BCUT2D eigenvalue weighted by Crippen LogP contribution is 2.32. The van der Waals surface area contributed by atoms with Crippen molar-refractivity contribution in [3.63, 3.8) is 0 Å². The topological polar surface area (TPSA) is 76.3 Å². The van der Waals surface area contributed by atoms with Crippen LogP contribution in [0.5, 0.6) is 5.75 Å². The predicted octanol–water partition coefficient (Wildman–Crippen LogP) is 1.77. The fourth-order valence-electron chi connectivity index (χ4n) is 0.816. The number of nitrogens with zero attached hydrogens (tertiary/aromatic N) is 2. The first kappa shape index (κ1) is 10.2. The summed E-state index contributed by atoms with van der Waals surface area (Å²) in [5.41, 5.74) is -2.80. The zero-order chi connectivity index (χ0) is 10.9. The van der Waals surface area contributed by atoms with Crippen LogP contribution >= 0.6 is 0 Å². The molecule has 1 aromatic rings. The number of pyridine rings is 1. The van der Waals surface area contributed by atoms with Crippen molar-refractivity contribution in [2.24, 2.45) is 0 Å². The number of nitro groups is 1. The molecule has 76 valence electrons. The molecule has 0 atom stereocenters. The summed E-state index contributed by atoms with van der Waals surface area (Å²) in [5.74, 6) is -2.85. The largest absolute Gasteiger partial charge is 0.504 e. The highest BCUT2D eigenvalue weighted by atomic mass is 19.3. The van der Waals surface area contributed by atoms with Crippen LogP contribution in [0.25, 0.3) is 0 Å². The van der Waals surface area contributed by atoms with Crippen LogP contribution in [0.4, 0.5) is 18.9 Å². The van der Waals surface area contributed by atoms with Gasteiger partial charge in [-0.25, -0.2) is 13.8 Å². The molecule has 0 saturated heterocycles. The summed E-state index contributed by atoms with van der Waals surface area (Å²) in [7, 11) is 0. The van der Waals surface area contributed by atoms with Crippen LogP contribution in [0.15, 0.2) is 6.20 Å². The molecule has 1 N–H and O–H groups in total.